The first-order valence-corrected chi connectivity index (χ1v) is 21.0. The lowest BCUT2D eigenvalue weighted by atomic mass is 9.99. The molecule has 0 radical (unpaired) electrons. The van der Waals surface area contributed by atoms with Crippen molar-refractivity contribution < 1.29 is 26.4 Å². The maximum absolute atomic E-state index is 12.4. The number of rotatable bonds is 11. The summed E-state index contributed by atoms with van der Waals surface area (Å²) in [5.41, 5.74) is 12.2. The van der Waals surface area contributed by atoms with Crippen LogP contribution in [0, 0.1) is 0 Å². The van der Waals surface area contributed by atoms with Crippen molar-refractivity contribution in [2.75, 3.05) is 73.8 Å². The molecule has 0 heterocycles. The fourth-order valence-electron chi connectivity index (χ4n) is 7.20. The molecule has 4 N–H and O–H groups in total. The van der Waals surface area contributed by atoms with Crippen LogP contribution >= 0.6 is 0 Å². The summed E-state index contributed by atoms with van der Waals surface area (Å²) < 4.78 is 50.4. The van der Waals surface area contributed by atoms with Crippen LogP contribution in [-0.2, 0) is 76.6 Å². The van der Waals surface area contributed by atoms with Crippen LogP contribution in [-0.4, -0.2) is 116 Å². The van der Waals surface area contributed by atoms with E-state index in [-0.39, 0.29) is 0 Å². The maximum atomic E-state index is 12.4. The van der Waals surface area contributed by atoms with Gasteiger partial charge in [-0.05, 0) is 150 Å². The van der Waals surface area contributed by atoms with Gasteiger partial charge < -0.3 is 15.1 Å². The van der Waals surface area contributed by atoms with Gasteiger partial charge >= 0.3 is 16.2 Å². The zero-order valence-electron chi connectivity index (χ0n) is 31.5. The third kappa shape index (κ3) is 10.9. The Labute approximate surface area is 310 Å². The summed E-state index contributed by atoms with van der Waals surface area (Å²) in [5.74, 6) is 0. The smallest absolute Gasteiger partial charge is 0.308 e. The van der Waals surface area contributed by atoms with Gasteiger partial charge in [-0.25, -0.2) is 19.5 Å². The van der Waals surface area contributed by atoms with Gasteiger partial charge in [0.2, 0.25) is 6.08 Å². The first-order chi connectivity index (χ1) is 24.5. The Balaban J connectivity index is 0.000000196. The number of aryl methyl sites for hydroxylation is 4. The Morgan fingerprint density at radius 1 is 0.673 bits per heavy atom. The van der Waals surface area contributed by atoms with E-state index in [2.05, 4.69) is 27.2 Å². The molecule has 6 rings (SSSR count). The second kappa shape index (κ2) is 18.2. The lowest BCUT2D eigenvalue weighted by Crippen LogP contribution is -2.45. The van der Waals surface area contributed by atoms with E-state index in [0.717, 1.165) is 84.2 Å². The molecule has 2 amide bonds. The minimum Gasteiger partial charge on any atom is -0.308 e. The number of nitrogens with zero attached hydrogens (tertiary/aromatic N) is 5. The summed E-state index contributed by atoms with van der Waals surface area (Å²) in [5, 5.41) is 7.70. The van der Waals surface area contributed by atoms with Crippen LogP contribution in [0.25, 0.3) is 0 Å². The predicted molar refractivity (Wildman–Crippen MR) is 205 cm³/mol. The van der Waals surface area contributed by atoms with Crippen LogP contribution in [0.2, 0.25) is 0 Å². The highest BCUT2D eigenvalue weighted by Crippen LogP contribution is 2.40. The molecule has 14 nitrogen and oxygen atoms in total. The van der Waals surface area contributed by atoms with Crippen LogP contribution in [0.3, 0.4) is 0 Å². The number of amides is 2. The van der Waals surface area contributed by atoms with Crippen molar-refractivity contribution in [1.82, 2.24) is 23.1 Å². The van der Waals surface area contributed by atoms with E-state index in [1.165, 1.54) is 71.4 Å². The molecule has 0 saturated heterocycles. The summed E-state index contributed by atoms with van der Waals surface area (Å²) in [4.78, 5) is 30.6. The largest absolute Gasteiger partial charge is 0.333 e. The van der Waals surface area contributed by atoms with Crippen LogP contribution in [0.4, 0.5) is 16.2 Å². The van der Waals surface area contributed by atoms with Gasteiger partial charge in [0, 0.05) is 46.0 Å². The molecule has 0 bridgehead atoms. The molecule has 0 aromatic heterocycles. The average Bonchev–Trinajstić information content (AvgIpc) is 3.89. The molecule has 2 aromatic rings. The van der Waals surface area contributed by atoms with Crippen molar-refractivity contribution in [3.63, 3.8) is 0 Å². The van der Waals surface area contributed by atoms with E-state index < -0.39 is 26.4 Å². The molecule has 0 spiro atoms. The molecule has 0 saturated carbocycles. The number of nitrogens with two attached hydrogens (primary N) is 1. The number of hydrogen-bond acceptors (Lipinski definition) is 9. The molecule has 52 heavy (non-hydrogen) atoms. The van der Waals surface area contributed by atoms with Crippen LogP contribution in [0.1, 0.15) is 70.2 Å². The normalized spacial score (nSPS) is 15.7. The van der Waals surface area contributed by atoms with E-state index in [1.807, 2.05) is 38.0 Å². The number of urea groups is 1. The number of fused-ring (bicyclic) bond motifs is 4. The molecule has 0 fully saturated rings. The summed E-state index contributed by atoms with van der Waals surface area (Å²) in [6.07, 6.45) is 14.7. The standard InChI is InChI=1S/C18H28N4O3S.C13H13NO.C5H15N3O2S/c1-21(2)10-11-22(3)26(24,25)20-18(23)19-17-15-8-4-6-13(15)12-14-7-5-9-16(14)17;15-8-14-13-11-5-1-3-9(11)7-10-4-2-6-12(10)13;1-7(2)4-5-8(3)11(6,9)10/h12H,4-11H2,1-3H3,(H2,19,20,23);7H,1-6H2;4-5H2,1-3H3,(H2,6,9,10). The number of benzene rings is 2. The second-order valence-electron chi connectivity index (χ2n) is 14.5. The topological polar surface area (TPSA) is 178 Å². The van der Waals surface area contributed by atoms with Gasteiger partial charge in [-0.3, -0.25) is 0 Å². The van der Waals surface area contributed by atoms with Crippen molar-refractivity contribution in [3.8, 4) is 0 Å². The summed E-state index contributed by atoms with van der Waals surface area (Å²) in [7, 11) is 3.06. The zero-order chi connectivity index (χ0) is 38.2. The number of likely N-dealkylation sites (N-methyl/N-ethyl adjacent to an activating group) is 4. The van der Waals surface area contributed by atoms with Crippen LogP contribution < -0.4 is 15.2 Å². The van der Waals surface area contributed by atoms with Crippen molar-refractivity contribution in [2.24, 2.45) is 10.1 Å². The van der Waals surface area contributed by atoms with Crippen LogP contribution in [0.5, 0.6) is 0 Å². The number of carbonyl (C=O) groups is 1. The minimum absolute atomic E-state index is 0.311. The minimum atomic E-state index is -3.86. The summed E-state index contributed by atoms with van der Waals surface area (Å²) in [6.45, 7) is 1.99. The fraction of sp³-hybridized carbons (Fsp3) is 0.611. The lowest BCUT2D eigenvalue weighted by Gasteiger charge is -2.21. The quantitative estimate of drug-likeness (QED) is 0.231. The Hall–Kier alpha value is -3.21. The maximum Gasteiger partial charge on any atom is 0.333 e. The van der Waals surface area contributed by atoms with Gasteiger partial charge in [-0.1, -0.05) is 12.1 Å². The SMILES string of the molecule is CN(C)CCN(C)S(=O)(=O)NC(=O)Nc1c2c(cc3c1CCC3)CCC2.CN(C)CCN(C)S(N)(=O)=O.O=C=Nc1c2c(cc3c1CCC3)CCC2. The molecular formula is C36H56N8O6S2. The molecule has 0 aliphatic heterocycles. The number of isocyanates is 1. The van der Waals surface area contributed by atoms with Crippen LogP contribution in [0.15, 0.2) is 17.1 Å². The van der Waals surface area contributed by atoms with E-state index >= 15 is 0 Å². The average molecular weight is 761 g/mol. The Morgan fingerprint density at radius 3 is 1.48 bits per heavy atom. The van der Waals surface area contributed by atoms with Gasteiger partial charge in [0.15, 0.2) is 0 Å². The molecule has 4 aliphatic rings. The molecular weight excluding hydrogens is 705 g/mol. The number of aliphatic imine (C=N–C) groups is 1. The van der Waals surface area contributed by atoms with Gasteiger partial charge in [-0.2, -0.15) is 30.4 Å². The lowest BCUT2D eigenvalue weighted by molar-refractivity contribution is 0.255. The highest BCUT2D eigenvalue weighted by Gasteiger charge is 2.27. The monoisotopic (exact) mass is 760 g/mol. The number of anilines is 1. The van der Waals surface area contributed by atoms with Crippen molar-refractivity contribution in [1.29, 1.82) is 0 Å². The van der Waals surface area contributed by atoms with E-state index in [9.17, 15) is 26.4 Å². The fourth-order valence-corrected chi connectivity index (χ4v) is 8.30. The van der Waals surface area contributed by atoms with E-state index in [0.29, 0.717) is 26.2 Å². The Bertz CT molecular complexity index is 1810. The van der Waals surface area contributed by atoms with Crippen molar-refractivity contribution >= 4 is 43.9 Å². The third-order valence-corrected chi connectivity index (χ3v) is 12.6. The van der Waals surface area contributed by atoms with E-state index in [4.69, 9.17) is 5.14 Å². The van der Waals surface area contributed by atoms with Gasteiger partial charge in [0.25, 0.3) is 10.2 Å². The van der Waals surface area contributed by atoms with Gasteiger partial charge in [0.1, 0.15) is 0 Å². The molecule has 0 unspecified atom stereocenters. The molecule has 2 aromatic carbocycles. The second-order valence-corrected chi connectivity index (χ2v) is 17.9. The highest BCUT2D eigenvalue weighted by atomic mass is 32.2. The first kappa shape index (κ1) is 41.5. The summed E-state index contributed by atoms with van der Waals surface area (Å²) in [6, 6.07) is 3.93. The highest BCUT2D eigenvalue weighted by molar-refractivity contribution is 7.87. The Kier molecular flexibility index (Phi) is 14.6. The first-order valence-electron chi connectivity index (χ1n) is 18.0. The van der Waals surface area contributed by atoms with E-state index in [1.54, 1.807) is 6.08 Å². The Morgan fingerprint density at radius 2 is 1.08 bits per heavy atom. The molecule has 0 atom stereocenters. The molecule has 4 aliphatic carbocycles. The number of carbonyl (C=O) groups excluding carboxylic acids is 2. The number of hydrogen-bond donors (Lipinski definition) is 3. The third-order valence-electron chi connectivity index (χ3n) is 10.1. The predicted octanol–water partition coefficient (Wildman–Crippen LogP) is 2.84. The van der Waals surface area contributed by atoms with Crippen molar-refractivity contribution in [3.05, 3.63) is 56.6 Å². The number of nitrogens with one attached hydrogen (secondary N) is 2. The summed E-state index contributed by atoms with van der Waals surface area (Å²) >= 11 is 0. The molecule has 288 valence electrons. The van der Waals surface area contributed by atoms with Crippen molar-refractivity contribution in [2.45, 2.75) is 77.0 Å². The van der Waals surface area contributed by atoms with Gasteiger partial charge in [0.05, 0.1) is 5.69 Å². The zero-order valence-corrected chi connectivity index (χ0v) is 33.2. The van der Waals surface area contributed by atoms with Gasteiger partial charge in [-0.15, -0.1) is 0 Å². The molecule has 16 heteroatoms.